The summed E-state index contributed by atoms with van der Waals surface area (Å²) < 4.78 is 11.4. The number of urea groups is 1. The van der Waals surface area contributed by atoms with Gasteiger partial charge in [0.25, 0.3) is 0 Å². The molecule has 58 heavy (non-hydrogen) atoms. The van der Waals surface area contributed by atoms with E-state index >= 15 is 0 Å². The van der Waals surface area contributed by atoms with Crippen molar-refractivity contribution in [2.75, 3.05) is 52.5 Å². The molecule has 3 aliphatic rings. The quantitative estimate of drug-likeness (QED) is 0.103. The van der Waals surface area contributed by atoms with Crippen molar-refractivity contribution in [1.82, 2.24) is 25.3 Å². The molecule has 0 spiro atoms. The van der Waals surface area contributed by atoms with Gasteiger partial charge in [-0.25, -0.2) is 9.59 Å². The molecule has 1 saturated heterocycles. The molecule has 2 atom stereocenters. The van der Waals surface area contributed by atoms with Crippen LogP contribution in [0.25, 0.3) is 11.1 Å². The zero-order chi connectivity index (χ0) is 40.7. The highest BCUT2D eigenvalue weighted by molar-refractivity contribution is 5.95. The third-order valence-electron chi connectivity index (χ3n) is 11.8. The molecule has 2 heterocycles. The van der Waals surface area contributed by atoms with Gasteiger partial charge in [0.05, 0.1) is 24.8 Å². The third kappa shape index (κ3) is 11.3. The molecule has 0 radical (unpaired) electrons. The van der Waals surface area contributed by atoms with E-state index in [9.17, 15) is 19.2 Å². The van der Waals surface area contributed by atoms with E-state index in [2.05, 4.69) is 22.5 Å². The first kappa shape index (κ1) is 42.6. The van der Waals surface area contributed by atoms with Crippen LogP contribution in [0.15, 0.2) is 96.2 Å². The van der Waals surface area contributed by atoms with Crippen molar-refractivity contribution < 1.29 is 28.7 Å². The number of nitrogens with one attached hydrogen (secondary N) is 2. The number of allylic oxidation sites excluding steroid dienone is 1. The Morgan fingerprint density at radius 1 is 0.879 bits per heavy atom. The summed E-state index contributed by atoms with van der Waals surface area (Å²) in [7, 11) is 0. The Labute approximate surface area is 344 Å². The Balaban J connectivity index is 1.21. The lowest BCUT2D eigenvalue weighted by atomic mass is 9.82. The highest BCUT2D eigenvalue weighted by Crippen LogP contribution is 2.34. The van der Waals surface area contributed by atoms with E-state index in [1.165, 1.54) is 0 Å². The molecule has 0 aromatic heterocycles. The fourth-order valence-electron chi connectivity index (χ4n) is 8.44. The Morgan fingerprint density at radius 2 is 1.55 bits per heavy atom. The number of carbonyl (C=O) groups excluding carboxylic acids is 4. The van der Waals surface area contributed by atoms with Gasteiger partial charge >= 0.3 is 12.0 Å². The number of amides is 4. The zero-order valence-electron chi connectivity index (χ0n) is 34.3. The molecule has 3 aromatic rings. The van der Waals surface area contributed by atoms with Crippen molar-refractivity contribution in [3.8, 4) is 11.1 Å². The van der Waals surface area contributed by atoms with Crippen LogP contribution in [0.2, 0.25) is 0 Å². The number of unbranched alkanes of at least 4 members (excludes halogenated alkanes) is 1. The van der Waals surface area contributed by atoms with Crippen molar-refractivity contribution in [1.29, 1.82) is 0 Å². The molecule has 2 N–H and O–H groups in total. The van der Waals surface area contributed by atoms with E-state index in [4.69, 9.17) is 9.47 Å². The van der Waals surface area contributed by atoms with E-state index in [1.807, 2.05) is 89.8 Å². The van der Waals surface area contributed by atoms with Gasteiger partial charge in [-0.1, -0.05) is 118 Å². The van der Waals surface area contributed by atoms with E-state index in [0.29, 0.717) is 50.5 Å². The minimum absolute atomic E-state index is 0.0636. The second kappa shape index (κ2) is 21.7. The standard InChI is InChI=1S/C47H61N5O6/c1-3-4-26-48-45(54)44(40-19-12-7-13-20-40)52(29-28-50-30-32-57-33-31-50)41(53)21-14-27-51-35(2)42(46(55)58-34-36-15-8-5-9-16-36)43(49-47(51)56)39-24-22-38(23-25-39)37-17-10-6-11-18-37/h5-6,8-11,15-18,22-25,40,43-44H,3-4,7,12-14,19-21,26-34H2,1-2H3,(H,48,54)(H,49,56). The molecule has 1 aliphatic carbocycles. The highest BCUT2D eigenvalue weighted by atomic mass is 16.5. The van der Waals surface area contributed by atoms with Crippen LogP contribution < -0.4 is 10.6 Å². The molecule has 4 amide bonds. The molecule has 2 aliphatic heterocycles. The molecule has 2 unspecified atom stereocenters. The van der Waals surface area contributed by atoms with Gasteiger partial charge in [-0.3, -0.25) is 19.4 Å². The first-order valence-electron chi connectivity index (χ1n) is 21.4. The summed E-state index contributed by atoms with van der Waals surface area (Å²) in [6, 6.07) is 25.8. The van der Waals surface area contributed by atoms with E-state index in [-0.39, 0.29) is 43.3 Å². The fraction of sp³-hybridized carbons (Fsp3) is 0.489. The van der Waals surface area contributed by atoms with Crippen molar-refractivity contribution in [2.24, 2.45) is 5.92 Å². The van der Waals surface area contributed by atoms with Crippen LogP contribution in [0.5, 0.6) is 0 Å². The van der Waals surface area contributed by atoms with Gasteiger partial charge < -0.3 is 25.0 Å². The predicted octanol–water partition coefficient (Wildman–Crippen LogP) is 7.24. The summed E-state index contributed by atoms with van der Waals surface area (Å²) in [5.74, 6) is -0.567. The van der Waals surface area contributed by atoms with Gasteiger partial charge in [0.1, 0.15) is 12.6 Å². The van der Waals surface area contributed by atoms with E-state index < -0.39 is 18.1 Å². The largest absolute Gasteiger partial charge is 0.457 e. The van der Waals surface area contributed by atoms with Crippen molar-refractivity contribution in [3.63, 3.8) is 0 Å². The lowest BCUT2D eigenvalue weighted by molar-refractivity contribution is -0.143. The van der Waals surface area contributed by atoms with E-state index in [0.717, 1.165) is 80.3 Å². The van der Waals surface area contributed by atoms with Crippen LogP contribution in [0.4, 0.5) is 4.79 Å². The van der Waals surface area contributed by atoms with Gasteiger partial charge in [0.2, 0.25) is 11.8 Å². The monoisotopic (exact) mass is 791 g/mol. The maximum absolute atomic E-state index is 14.4. The summed E-state index contributed by atoms with van der Waals surface area (Å²) >= 11 is 0. The SMILES string of the molecule is CCCCNC(=O)C(C1CCCCC1)N(CCN1CCOCC1)C(=O)CCCN1C(=O)NC(c2ccc(-c3ccccc3)cc2)C(C(=O)OCc2ccccc2)=C1C. The van der Waals surface area contributed by atoms with Crippen LogP contribution in [-0.2, 0) is 30.5 Å². The molecule has 11 nitrogen and oxygen atoms in total. The van der Waals surface area contributed by atoms with Crippen molar-refractivity contribution in [2.45, 2.75) is 90.3 Å². The topological polar surface area (TPSA) is 121 Å². The lowest BCUT2D eigenvalue weighted by Crippen LogP contribution is -2.56. The molecule has 3 aromatic carbocycles. The smallest absolute Gasteiger partial charge is 0.338 e. The number of carbonyl (C=O) groups is 4. The minimum Gasteiger partial charge on any atom is -0.457 e. The van der Waals surface area contributed by atoms with Gasteiger partial charge in [0.15, 0.2) is 0 Å². The van der Waals surface area contributed by atoms with Gasteiger partial charge in [0, 0.05) is 51.4 Å². The maximum atomic E-state index is 14.4. The third-order valence-corrected chi connectivity index (χ3v) is 11.8. The molecule has 310 valence electrons. The number of rotatable bonds is 18. The summed E-state index contributed by atoms with van der Waals surface area (Å²) in [6.45, 7) is 8.79. The zero-order valence-corrected chi connectivity index (χ0v) is 34.3. The molecule has 2 fully saturated rings. The molecular formula is C47H61N5O6. The number of hydrogen-bond acceptors (Lipinski definition) is 7. The summed E-state index contributed by atoms with van der Waals surface area (Å²) in [4.78, 5) is 61.9. The number of ether oxygens (including phenoxy) is 2. The second-order valence-corrected chi connectivity index (χ2v) is 15.7. The van der Waals surface area contributed by atoms with Crippen molar-refractivity contribution >= 4 is 23.8 Å². The Hall–Kier alpha value is -5.00. The van der Waals surface area contributed by atoms with Gasteiger partial charge in [-0.15, -0.1) is 0 Å². The Kier molecular flexibility index (Phi) is 15.9. The molecule has 6 rings (SSSR count). The van der Waals surface area contributed by atoms with Crippen LogP contribution >= 0.6 is 0 Å². The molecule has 11 heteroatoms. The summed E-state index contributed by atoms with van der Waals surface area (Å²) in [5.41, 5.74) is 4.55. The molecule has 1 saturated carbocycles. The first-order valence-corrected chi connectivity index (χ1v) is 21.4. The number of hydrogen-bond donors (Lipinski definition) is 2. The number of benzene rings is 3. The van der Waals surface area contributed by atoms with Gasteiger partial charge in [-0.2, -0.15) is 0 Å². The van der Waals surface area contributed by atoms with Crippen molar-refractivity contribution in [3.05, 3.63) is 107 Å². The molecule has 0 bridgehead atoms. The maximum Gasteiger partial charge on any atom is 0.338 e. The molecular weight excluding hydrogens is 731 g/mol. The fourth-order valence-corrected chi connectivity index (χ4v) is 8.44. The van der Waals surface area contributed by atoms with Crippen LogP contribution in [0, 0.1) is 5.92 Å². The average Bonchev–Trinajstić information content (AvgIpc) is 3.26. The first-order chi connectivity index (χ1) is 28.3. The number of nitrogens with zero attached hydrogens (tertiary/aromatic N) is 3. The highest BCUT2D eigenvalue weighted by Gasteiger charge is 2.39. The van der Waals surface area contributed by atoms with Gasteiger partial charge in [-0.05, 0) is 60.8 Å². The second-order valence-electron chi connectivity index (χ2n) is 15.7. The Morgan fingerprint density at radius 3 is 2.24 bits per heavy atom. The van der Waals surface area contributed by atoms with Crippen LogP contribution in [0.1, 0.15) is 88.8 Å². The normalized spacial score (nSPS) is 18.3. The van der Waals surface area contributed by atoms with Crippen LogP contribution in [-0.4, -0.2) is 97.0 Å². The minimum atomic E-state index is -0.725. The van der Waals surface area contributed by atoms with E-state index in [1.54, 1.807) is 11.8 Å². The predicted molar refractivity (Wildman–Crippen MR) is 225 cm³/mol. The average molecular weight is 792 g/mol. The lowest BCUT2D eigenvalue weighted by Gasteiger charge is -2.39. The number of morpholine rings is 1. The summed E-state index contributed by atoms with van der Waals surface area (Å²) in [5, 5.41) is 6.25. The Bertz CT molecular complexity index is 1820. The number of esters is 1. The van der Waals surface area contributed by atoms with Crippen LogP contribution in [0.3, 0.4) is 0 Å². The summed E-state index contributed by atoms with van der Waals surface area (Å²) in [6.07, 6.45) is 7.47.